The summed E-state index contributed by atoms with van der Waals surface area (Å²) in [6.07, 6.45) is 0. The van der Waals surface area contributed by atoms with E-state index < -0.39 is 0 Å². The molecule has 0 aliphatic carbocycles. The van der Waals surface area contributed by atoms with Gasteiger partial charge in [0.1, 0.15) is 5.75 Å². The van der Waals surface area contributed by atoms with Crippen molar-refractivity contribution in [1.29, 1.82) is 0 Å². The van der Waals surface area contributed by atoms with Crippen molar-refractivity contribution in [3.63, 3.8) is 0 Å². The molecule has 2 nitrogen and oxygen atoms in total. The van der Waals surface area contributed by atoms with Crippen LogP contribution in [-0.4, -0.2) is 5.11 Å². The molecule has 0 bridgehead atoms. The minimum atomic E-state index is 0.297. The van der Waals surface area contributed by atoms with E-state index in [1.807, 2.05) is 12.1 Å². The van der Waals surface area contributed by atoms with Gasteiger partial charge in [0.25, 0.3) is 0 Å². The molecule has 0 radical (unpaired) electrons. The molecule has 0 heterocycles. The number of benzene rings is 1. The normalized spacial score (nSPS) is 9.70. The van der Waals surface area contributed by atoms with Crippen LogP contribution in [0.2, 0.25) is 0 Å². The molecule has 10 heavy (non-hydrogen) atoms. The fraction of sp³-hybridized carbons (Fsp3) is 0.143. The van der Waals surface area contributed by atoms with Gasteiger partial charge in [0, 0.05) is 5.75 Å². The van der Waals surface area contributed by atoms with Gasteiger partial charge in [-0.25, -0.2) is 0 Å². The highest BCUT2D eigenvalue weighted by molar-refractivity contribution is 7.96. The molecular weight excluding hydrogens is 146 g/mol. The Bertz CT molecular complexity index is 197. The van der Waals surface area contributed by atoms with Crippen LogP contribution in [0.5, 0.6) is 5.75 Å². The highest BCUT2D eigenvalue weighted by Gasteiger charge is 1.90. The highest BCUT2D eigenvalue weighted by Crippen LogP contribution is 2.12. The molecule has 0 unspecified atom stereocenters. The van der Waals surface area contributed by atoms with Crippen molar-refractivity contribution in [1.82, 2.24) is 0 Å². The third kappa shape index (κ3) is 1.93. The molecule has 0 spiro atoms. The largest absolute Gasteiger partial charge is 0.508 e. The van der Waals surface area contributed by atoms with Crippen molar-refractivity contribution < 1.29 is 5.11 Å². The zero-order chi connectivity index (χ0) is 7.40. The maximum absolute atomic E-state index is 8.89. The van der Waals surface area contributed by atoms with E-state index in [0.717, 1.165) is 11.3 Å². The molecular formula is C7H9NOS. The van der Waals surface area contributed by atoms with Gasteiger partial charge in [-0.2, -0.15) is 0 Å². The van der Waals surface area contributed by atoms with Crippen LogP contribution in [0.4, 0.5) is 0 Å². The van der Waals surface area contributed by atoms with Crippen molar-refractivity contribution in [2.24, 2.45) is 5.14 Å². The fourth-order valence-electron chi connectivity index (χ4n) is 0.688. The molecule has 1 rings (SSSR count). The minimum Gasteiger partial charge on any atom is -0.508 e. The topological polar surface area (TPSA) is 46.2 Å². The molecule has 1 aromatic rings. The first-order valence-electron chi connectivity index (χ1n) is 2.92. The van der Waals surface area contributed by atoms with Gasteiger partial charge in [0.05, 0.1) is 0 Å². The van der Waals surface area contributed by atoms with Gasteiger partial charge < -0.3 is 5.11 Å². The lowest BCUT2D eigenvalue weighted by molar-refractivity contribution is 0.475. The van der Waals surface area contributed by atoms with E-state index in [0.29, 0.717) is 5.75 Å². The summed E-state index contributed by atoms with van der Waals surface area (Å²) in [6.45, 7) is 0. The number of aromatic hydroxyl groups is 1. The van der Waals surface area contributed by atoms with Crippen molar-refractivity contribution in [2.75, 3.05) is 0 Å². The van der Waals surface area contributed by atoms with E-state index in [1.54, 1.807) is 12.1 Å². The molecule has 0 saturated carbocycles. The van der Waals surface area contributed by atoms with Crippen LogP contribution in [0.3, 0.4) is 0 Å². The number of phenolic OH excluding ortho intramolecular Hbond substituents is 1. The number of phenols is 1. The monoisotopic (exact) mass is 155 g/mol. The van der Waals surface area contributed by atoms with E-state index in [9.17, 15) is 0 Å². The Hall–Kier alpha value is -0.670. The molecule has 1 aromatic carbocycles. The maximum Gasteiger partial charge on any atom is 0.115 e. The zero-order valence-corrected chi connectivity index (χ0v) is 6.27. The number of nitrogens with two attached hydrogens (primary N) is 1. The molecule has 0 aliphatic rings. The van der Waals surface area contributed by atoms with E-state index in [-0.39, 0.29) is 0 Å². The Morgan fingerprint density at radius 2 is 1.90 bits per heavy atom. The van der Waals surface area contributed by atoms with Crippen LogP contribution < -0.4 is 5.14 Å². The fourth-order valence-corrected chi connectivity index (χ4v) is 1.07. The van der Waals surface area contributed by atoms with Gasteiger partial charge in [-0.05, 0) is 17.7 Å². The molecule has 0 amide bonds. The average Bonchev–Trinajstić information content (AvgIpc) is 1.95. The van der Waals surface area contributed by atoms with Crippen LogP contribution in [0.25, 0.3) is 0 Å². The molecule has 3 heteroatoms. The van der Waals surface area contributed by atoms with Gasteiger partial charge in [-0.3, -0.25) is 5.14 Å². The summed E-state index contributed by atoms with van der Waals surface area (Å²) >= 11 is 1.28. The van der Waals surface area contributed by atoms with Crippen LogP contribution >= 0.6 is 11.9 Å². The maximum atomic E-state index is 8.89. The third-order valence-electron chi connectivity index (χ3n) is 1.19. The Labute approximate surface area is 64.2 Å². The molecule has 0 aliphatic heterocycles. The van der Waals surface area contributed by atoms with E-state index >= 15 is 0 Å². The van der Waals surface area contributed by atoms with Crippen molar-refractivity contribution in [3.8, 4) is 5.75 Å². The third-order valence-corrected chi connectivity index (χ3v) is 1.69. The smallest absolute Gasteiger partial charge is 0.115 e. The van der Waals surface area contributed by atoms with Gasteiger partial charge >= 0.3 is 0 Å². The van der Waals surface area contributed by atoms with Crippen molar-refractivity contribution in [3.05, 3.63) is 29.8 Å². The van der Waals surface area contributed by atoms with E-state index in [2.05, 4.69) is 0 Å². The number of hydrogen-bond acceptors (Lipinski definition) is 3. The lowest BCUT2D eigenvalue weighted by atomic mass is 10.2. The zero-order valence-electron chi connectivity index (χ0n) is 5.45. The van der Waals surface area contributed by atoms with Crippen LogP contribution in [0.1, 0.15) is 5.56 Å². The molecule has 0 atom stereocenters. The quantitative estimate of drug-likeness (QED) is 0.636. The van der Waals surface area contributed by atoms with Gasteiger partial charge in [0.15, 0.2) is 0 Å². The Morgan fingerprint density at radius 1 is 1.30 bits per heavy atom. The lowest BCUT2D eigenvalue weighted by Crippen LogP contribution is -1.83. The standard InChI is InChI=1S/C7H9NOS/c8-10-5-6-1-3-7(9)4-2-6/h1-4,9H,5,8H2. The Balaban J connectivity index is 2.69. The number of rotatable bonds is 2. The SMILES string of the molecule is NSCc1ccc(O)cc1. The summed E-state index contributed by atoms with van der Waals surface area (Å²) in [4.78, 5) is 0. The molecule has 54 valence electrons. The molecule has 0 saturated heterocycles. The first-order chi connectivity index (χ1) is 4.83. The van der Waals surface area contributed by atoms with E-state index in [4.69, 9.17) is 10.2 Å². The molecule has 3 N–H and O–H groups in total. The summed E-state index contributed by atoms with van der Waals surface area (Å²) in [5.41, 5.74) is 1.13. The molecule has 0 aromatic heterocycles. The van der Waals surface area contributed by atoms with Crippen LogP contribution in [0, 0.1) is 0 Å². The first kappa shape index (κ1) is 7.44. The summed E-state index contributed by atoms with van der Waals surface area (Å²) in [5, 5.41) is 14.1. The van der Waals surface area contributed by atoms with Gasteiger partial charge in [-0.15, -0.1) is 0 Å². The lowest BCUT2D eigenvalue weighted by Gasteiger charge is -1.96. The first-order valence-corrected chi connectivity index (χ1v) is 3.97. The van der Waals surface area contributed by atoms with Crippen molar-refractivity contribution in [2.45, 2.75) is 5.75 Å². The van der Waals surface area contributed by atoms with Crippen molar-refractivity contribution >= 4 is 11.9 Å². The summed E-state index contributed by atoms with van der Waals surface area (Å²) in [6, 6.07) is 7.03. The number of hydrogen-bond donors (Lipinski definition) is 2. The minimum absolute atomic E-state index is 0.297. The predicted molar refractivity (Wildman–Crippen MR) is 43.6 cm³/mol. The summed E-state index contributed by atoms with van der Waals surface area (Å²) in [5.74, 6) is 1.09. The highest BCUT2D eigenvalue weighted by atomic mass is 32.2. The van der Waals surface area contributed by atoms with E-state index in [1.165, 1.54) is 11.9 Å². The van der Waals surface area contributed by atoms with Crippen LogP contribution in [0.15, 0.2) is 24.3 Å². The molecule has 0 fully saturated rings. The summed E-state index contributed by atoms with van der Waals surface area (Å²) < 4.78 is 0. The van der Waals surface area contributed by atoms with Crippen LogP contribution in [-0.2, 0) is 5.75 Å². The predicted octanol–water partition coefficient (Wildman–Crippen LogP) is 1.50. The second kappa shape index (κ2) is 3.49. The second-order valence-corrected chi connectivity index (χ2v) is 2.60. The van der Waals surface area contributed by atoms with Gasteiger partial charge in [0.2, 0.25) is 0 Å². The van der Waals surface area contributed by atoms with Gasteiger partial charge in [-0.1, -0.05) is 24.1 Å². The average molecular weight is 155 g/mol. The summed E-state index contributed by atoms with van der Waals surface area (Å²) in [7, 11) is 0. The Morgan fingerprint density at radius 3 is 2.40 bits per heavy atom. The Kier molecular flexibility index (Phi) is 2.59. The second-order valence-electron chi connectivity index (χ2n) is 1.98.